The summed E-state index contributed by atoms with van der Waals surface area (Å²) in [5, 5.41) is 4.84. The lowest BCUT2D eigenvalue weighted by Gasteiger charge is -2.04. The Labute approximate surface area is 144 Å². The highest BCUT2D eigenvalue weighted by atomic mass is 35.5. The van der Waals surface area contributed by atoms with E-state index in [9.17, 15) is 0 Å². The second kappa shape index (κ2) is 5.71. The van der Waals surface area contributed by atoms with Gasteiger partial charge in [-0.1, -0.05) is 57.6 Å². The average molecular weight is 380 g/mol. The molecule has 1 aromatic carbocycles. The molecule has 8 heteroatoms. The minimum absolute atomic E-state index is 0.168. The molecule has 3 rings (SSSR count). The van der Waals surface area contributed by atoms with E-state index in [4.69, 9.17) is 56.7 Å². The van der Waals surface area contributed by atoms with E-state index in [0.29, 0.717) is 35.5 Å². The zero-order chi connectivity index (χ0) is 15.1. The van der Waals surface area contributed by atoms with Gasteiger partial charge in [-0.15, -0.1) is 11.3 Å². The minimum Gasteiger partial charge on any atom is -0.367 e. The molecule has 2 N–H and O–H groups in total. The molecule has 0 fully saturated rings. The van der Waals surface area contributed by atoms with Gasteiger partial charge in [0.2, 0.25) is 5.88 Å². The van der Waals surface area contributed by atoms with Crippen molar-refractivity contribution in [2.24, 2.45) is 0 Å². The minimum atomic E-state index is 0.168. The molecule has 0 aliphatic carbocycles. The van der Waals surface area contributed by atoms with Gasteiger partial charge in [0.15, 0.2) is 0 Å². The van der Waals surface area contributed by atoms with E-state index in [1.54, 1.807) is 24.3 Å². The predicted molar refractivity (Wildman–Crippen MR) is 89.7 cm³/mol. The van der Waals surface area contributed by atoms with Crippen molar-refractivity contribution in [1.29, 1.82) is 0 Å². The molecule has 0 aliphatic rings. The summed E-state index contributed by atoms with van der Waals surface area (Å²) in [6.07, 6.45) is 0. The molecule has 0 amide bonds. The Morgan fingerprint density at radius 2 is 1.81 bits per heavy atom. The standard InChI is InChI=1S/C13H6Cl4N2OS/c14-7-2-1-5(3-8(7)15)10-11(19-20-13(10)18)6-4-9(16)21-12(6)17/h1-4H,18H2. The summed E-state index contributed by atoms with van der Waals surface area (Å²) in [5.41, 5.74) is 8.39. The van der Waals surface area contributed by atoms with Crippen LogP contribution in [0.3, 0.4) is 0 Å². The lowest BCUT2D eigenvalue weighted by atomic mass is 10.0. The van der Waals surface area contributed by atoms with Crippen LogP contribution in [0, 0.1) is 0 Å². The maximum absolute atomic E-state index is 6.17. The summed E-state index contributed by atoms with van der Waals surface area (Å²) >= 11 is 25.4. The molecule has 0 radical (unpaired) electrons. The zero-order valence-electron chi connectivity index (χ0n) is 10.2. The molecule has 2 aromatic heterocycles. The second-order valence-electron chi connectivity index (χ2n) is 4.14. The molecule has 0 unspecified atom stereocenters. The first kappa shape index (κ1) is 15.0. The van der Waals surface area contributed by atoms with Gasteiger partial charge in [0.1, 0.15) is 10.0 Å². The Balaban J connectivity index is 2.21. The van der Waals surface area contributed by atoms with E-state index in [-0.39, 0.29) is 5.88 Å². The second-order valence-corrected chi connectivity index (χ2v) is 7.24. The number of nitrogen functional groups attached to an aromatic ring is 1. The molecule has 21 heavy (non-hydrogen) atoms. The number of halogens is 4. The number of anilines is 1. The maximum atomic E-state index is 6.17. The van der Waals surface area contributed by atoms with Crippen LogP contribution in [0.15, 0.2) is 28.8 Å². The summed E-state index contributed by atoms with van der Waals surface area (Å²) in [6, 6.07) is 6.87. The van der Waals surface area contributed by atoms with Crippen LogP contribution >= 0.6 is 57.7 Å². The van der Waals surface area contributed by atoms with Gasteiger partial charge in [-0.3, -0.25) is 0 Å². The highest BCUT2D eigenvalue weighted by molar-refractivity contribution is 7.20. The fraction of sp³-hybridized carbons (Fsp3) is 0. The van der Waals surface area contributed by atoms with Crippen LogP contribution in [0.5, 0.6) is 0 Å². The van der Waals surface area contributed by atoms with E-state index in [2.05, 4.69) is 5.16 Å². The van der Waals surface area contributed by atoms with Crippen LogP contribution in [0.1, 0.15) is 0 Å². The van der Waals surface area contributed by atoms with Crippen molar-refractivity contribution in [1.82, 2.24) is 5.16 Å². The molecule has 3 aromatic rings. The quantitative estimate of drug-likeness (QED) is 0.571. The van der Waals surface area contributed by atoms with E-state index in [1.165, 1.54) is 11.3 Å². The normalized spacial score (nSPS) is 11.0. The smallest absolute Gasteiger partial charge is 0.230 e. The highest BCUT2D eigenvalue weighted by Gasteiger charge is 2.21. The van der Waals surface area contributed by atoms with Crippen LogP contribution in [0.25, 0.3) is 22.4 Å². The summed E-state index contributed by atoms with van der Waals surface area (Å²) in [4.78, 5) is 0. The van der Waals surface area contributed by atoms with Gasteiger partial charge in [-0.2, -0.15) is 0 Å². The SMILES string of the molecule is Nc1onc(-c2cc(Cl)sc2Cl)c1-c1ccc(Cl)c(Cl)c1. The van der Waals surface area contributed by atoms with Crippen molar-refractivity contribution in [3.63, 3.8) is 0 Å². The predicted octanol–water partition coefficient (Wildman–Crippen LogP) is 6.27. The Hall–Kier alpha value is -0.910. The van der Waals surface area contributed by atoms with Crippen LogP contribution in [0.2, 0.25) is 18.7 Å². The molecule has 0 saturated heterocycles. The van der Waals surface area contributed by atoms with E-state index >= 15 is 0 Å². The summed E-state index contributed by atoms with van der Waals surface area (Å²) < 4.78 is 6.15. The topological polar surface area (TPSA) is 52.0 Å². The van der Waals surface area contributed by atoms with Crippen molar-refractivity contribution in [3.8, 4) is 22.4 Å². The molecular formula is C13H6Cl4N2OS. The van der Waals surface area contributed by atoms with Crippen molar-refractivity contribution in [3.05, 3.63) is 43.0 Å². The van der Waals surface area contributed by atoms with Gasteiger partial charge in [-0.25, -0.2) is 0 Å². The molecule has 0 spiro atoms. The lowest BCUT2D eigenvalue weighted by Crippen LogP contribution is -1.87. The third kappa shape index (κ3) is 2.74. The Morgan fingerprint density at radius 1 is 1.05 bits per heavy atom. The molecule has 0 saturated carbocycles. The van der Waals surface area contributed by atoms with Gasteiger partial charge in [0, 0.05) is 5.56 Å². The third-order valence-electron chi connectivity index (χ3n) is 2.84. The molecule has 3 nitrogen and oxygen atoms in total. The first-order valence-corrected chi connectivity index (χ1v) is 7.96. The maximum Gasteiger partial charge on any atom is 0.230 e. The van der Waals surface area contributed by atoms with Gasteiger partial charge in [0.05, 0.1) is 19.9 Å². The molecule has 108 valence electrons. The van der Waals surface area contributed by atoms with Crippen LogP contribution in [-0.2, 0) is 0 Å². The molecule has 0 bridgehead atoms. The molecular weight excluding hydrogens is 374 g/mol. The summed E-state index contributed by atoms with van der Waals surface area (Å²) in [6.45, 7) is 0. The Bertz CT molecular complexity index is 828. The number of hydrogen-bond donors (Lipinski definition) is 1. The van der Waals surface area contributed by atoms with Crippen molar-refractivity contribution in [2.45, 2.75) is 0 Å². The Kier molecular flexibility index (Phi) is 4.08. The van der Waals surface area contributed by atoms with Gasteiger partial charge >= 0.3 is 0 Å². The van der Waals surface area contributed by atoms with Gasteiger partial charge in [-0.05, 0) is 23.8 Å². The zero-order valence-corrected chi connectivity index (χ0v) is 14.0. The van der Waals surface area contributed by atoms with Crippen molar-refractivity contribution in [2.75, 3.05) is 5.73 Å². The summed E-state index contributed by atoms with van der Waals surface area (Å²) in [7, 11) is 0. The number of rotatable bonds is 2. The number of nitrogens with two attached hydrogens (primary N) is 1. The first-order valence-electron chi connectivity index (χ1n) is 5.63. The molecule has 2 heterocycles. The monoisotopic (exact) mass is 378 g/mol. The number of thiophene rings is 1. The van der Waals surface area contributed by atoms with Crippen LogP contribution in [-0.4, -0.2) is 5.16 Å². The van der Waals surface area contributed by atoms with E-state index in [0.717, 1.165) is 5.56 Å². The highest BCUT2D eigenvalue weighted by Crippen LogP contribution is 2.44. The lowest BCUT2D eigenvalue weighted by molar-refractivity contribution is 0.439. The van der Waals surface area contributed by atoms with E-state index in [1.807, 2.05) is 0 Å². The van der Waals surface area contributed by atoms with Crippen LogP contribution < -0.4 is 5.73 Å². The first-order chi connectivity index (χ1) is 9.97. The van der Waals surface area contributed by atoms with Crippen molar-refractivity contribution < 1.29 is 4.52 Å². The van der Waals surface area contributed by atoms with Crippen LogP contribution in [0.4, 0.5) is 5.88 Å². The molecule has 0 atom stereocenters. The van der Waals surface area contributed by atoms with E-state index < -0.39 is 0 Å². The number of benzene rings is 1. The average Bonchev–Trinajstić information content (AvgIpc) is 2.95. The van der Waals surface area contributed by atoms with Crippen molar-refractivity contribution >= 4 is 63.6 Å². The molecule has 0 aliphatic heterocycles. The van der Waals surface area contributed by atoms with Gasteiger partial charge < -0.3 is 10.3 Å². The van der Waals surface area contributed by atoms with Gasteiger partial charge in [0.25, 0.3) is 0 Å². The fourth-order valence-corrected chi connectivity index (χ4v) is 3.68. The Morgan fingerprint density at radius 3 is 2.43 bits per heavy atom. The largest absolute Gasteiger partial charge is 0.367 e. The number of aromatic nitrogens is 1. The third-order valence-corrected chi connectivity index (χ3v) is 5.07. The summed E-state index contributed by atoms with van der Waals surface area (Å²) in [5.74, 6) is 0.168. The fourth-order valence-electron chi connectivity index (χ4n) is 1.92. The number of hydrogen-bond acceptors (Lipinski definition) is 4. The number of nitrogens with zero attached hydrogens (tertiary/aromatic N) is 1.